The molecular weight excluding hydrogens is 428 g/mol. The van der Waals surface area contributed by atoms with E-state index in [1.165, 1.54) is 90.3 Å². The highest BCUT2D eigenvalue weighted by Crippen LogP contribution is 2.37. The lowest BCUT2D eigenvalue weighted by molar-refractivity contribution is 0.0629. The zero-order chi connectivity index (χ0) is 24.1. The van der Waals surface area contributed by atoms with E-state index in [0.29, 0.717) is 5.92 Å². The SMILES string of the molecule is O[C@@H]1/C=C\C=C\CCCCCC[C@@H]2CN3CC/C=C/C=C\CCCCC4=C[C@H](CN(C4)C1)[C@@H]2CC3. The molecule has 1 N–H and O–H groups in total. The lowest BCUT2D eigenvalue weighted by Crippen LogP contribution is -2.47. The number of hydrogen-bond donors (Lipinski definition) is 1. The Labute approximate surface area is 215 Å². The Balaban J connectivity index is 1.55. The first kappa shape index (κ1) is 26.6. The molecule has 0 radical (unpaired) electrons. The van der Waals surface area contributed by atoms with Gasteiger partial charge in [-0.05, 0) is 82.1 Å². The monoisotopic (exact) mass is 478 g/mol. The minimum Gasteiger partial charge on any atom is -0.388 e. The zero-order valence-corrected chi connectivity index (χ0v) is 22.1. The molecule has 0 aromatic rings. The normalized spacial score (nSPS) is 39.7. The van der Waals surface area contributed by atoms with Gasteiger partial charge in [0.05, 0.1) is 6.10 Å². The number of allylic oxidation sites excluding steroid dienone is 6. The topological polar surface area (TPSA) is 26.7 Å². The van der Waals surface area contributed by atoms with E-state index in [9.17, 15) is 5.11 Å². The van der Waals surface area contributed by atoms with E-state index in [1.807, 2.05) is 6.08 Å². The van der Waals surface area contributed by atoms with E-state index in [2.05, 4.69) is 58.4 Å². The van der Waals surface area contributed by atoms with Crippen LogP contribution in [-0.4, -0.2) is 60.3 Å². The Kier molecular flexibility index (Phi) is 11.4. The van der Waals surface area contributed by atoms with Gasteiger partial charge in [-0.25, -0.2) is 0 Å². The molecule has 5 aliphatic heterocycles. The number of piperidine rings is 1. The van der Waals surface area contributed by atoms with Crippen molar-refractivity contribution in [1.29, 1.82) is 0 Å². The first-order chi connectivity index (χ1) is 17.3. The maximum atomic E-state index is 10.8. The molecule has 0 aliphatic carbocycles. The molecule has 5 heterocycles. The van der Waals surface area contributed by atoms with Crippen LogP contribution in [0.4, 0.5) is 0 Å². The van der Waals surface area contributed by atoms with Gasteiger partial charge in [0.25, 0.3) is 0 Å². The van der Waals surface area contributed by atoms with Gasteiger partial charge in [-0.2, -0.15) is 0 Å². The second-order valence-corrected chi connectivity index (χ2v) is 11.5. The van der Waals surface area contributed by atoms with Crippen LogP contribution in [0.3, 0.4) is 0 Å². The summed E-state index contributed by atoms with van der Waals surface area (Å²) < 4.78 is 0. The molecule has 6 bridgehead atoms. The summed E-state index contributed by atoms with van der Waals surface area (Å²) in [5.74, 6) is 2.25. The van der Waals surface area contributed by atoms with Gasteiger partial charge in [0.2, 0.25) is 0 Å². The molecule has 3 heteroatoms. The number of fused-ring (bicyclic) bond motifs is 9. The molecule has 194 valence electrons. The first-order valence-corrected chi connectivity index (χ1v) is 14.8. The molecule has 0 spiro atoms. The van der Waals surface area contributed by atoms with Crippen LogP contribution in [0.15, 0.2) is 60.3 Å². The highest BCUT2D eigenvalue weighted by molar-refractivity contribution is 5.14. The predicted octanol–water partition coefficient (Wildman–Crippen LogP) is 6.69. The van der Waals surface area contributed by atoms with Crippen LogP contribution in [0.2, 0.25) is 0 Å². The summed E-state index contributed by atoms with van der Waals surface area (Å²) in [6.07, 6.45) is 35.4. The Hall–Kier alpha value is -1.42. The van der Waals surface area contributed by atoms with E-state index in [0.717, 1.165) is 37.9 Å². The summed E-state index contributed by atoms with van der Waals surface area (Å²) in [5, 5.41) is 10.8. The van der Waals surface area contributed by atoms with Gasteiger partial charge in [0.1, 0.15) is 0 Å². The van der Waals surface area contributed by atoms with E-state index in [-0.39, 0.29) is 6.10 Å². The van der Waals surface area contributed by atoms with Crippen LogP contribution < -0.4 is 0 Å². The third-order valence-corrected chi connectivity index (χ3v) is 8.61. The van der Waals surface area contributed by atoms with E-state index < -0.39 is 0 Å². The lowest BCUT2D eigenvalue weighted by atomic mass is 9.72. The Morgan fingerprint density at radius 3 is 2.34 bits per heavy atom. The fourth-order valence-corrected chi connectivity index (χ4v) is 6.75. The van der Waals surface area contributed by atoms with Gasteiger partial charge in [-0.3, -0.25) is 4.90 Å². The molecule has 1 saturated heterocycles. The molecule has 0 amide bonds. The molecule has 0 aromatic carbocycles. The number of hydrogen-bond acceptors (Lipinski definition) is 3. The van der Waals surface area contributed by atoms with Crippen LogP contribution >= 0.6 is 0 Å². The van der Waals surface area contributed by atoms with E-state index in [1.54, 1.807) is 5.57 Å². The van der Waals surface area contributed by atoms with Crippen LogP contribution in [0, 0.1) is 17.8 Å². The molecule has 5 aliphatic rings. The van der Waals surface area contributed by atoms with E-state index in [4.69, 9.17) is 0 Å². The fourth-order valence-electron chi connectivity index (χ4n) is 6.75. The number of rotatable bonds is 0. The summed E-state index contributed by atoms with van der Waals surface area (Å²) >= 11 is 0. The lowest BCUT2D eigenvalue weighted by Gasteiger charge is -2.45. The average molecular weight is 479 g/mol. The molecule has 0 saturated carbocycles. The van der Waals surface area contributed by atoms with Gasteiger partial charge in [-0.1, -0.05) is 79.5 Å². The molecule has 2 unspecified atom stereocenters. The third kappa shape index (κ3) is 9.19. The summed E-state index contributed by atoms with van der Waals surface area (Å²) in [6, 6.07) is 0. The summed E-state index contributed by atoms with van der Waals surface area (Å²) in [6.45, 7) is 6.66. The third-order valence-electron chi connectivity index (χ3n) is 8.61. The molecule has 35 heavy (non-hydrogen) atoms. The molecule has 6 atom stereocenters. The Bertz CT molecular complexity index is 764. The van der Waals surface area contributed by atoms with Crippen molar-refractivity contribution in [3.05, 3.63) is 60.3 Å². The van der Waals surface area contributed by atoms with Gasteiger partial charge < -0.3 is 10.0 Å². The van der Waals surface area contributed by atoms with Crippen molar-refractivity contribution in [3.63, 3.8) is 0 Å². The Morgan fingerprint density at radius 2 is 1.46 bits per heavy atom. The second kappa shape index (κ2) is 15.0. The smallest absolute Gasteiger partial charge is 0.0851 e. The predicted molar refractivity (Wildman–Crippen MR) is 149 cm³/mol. The standard InChI is InChI=1S/C32H50N2O/c35-31-19-15-11-7-2-1-6-10-14-18-29-25-33-21-16-12-8-4-3-5-9-13-17-28-23-30(32(29)20-22-33)26-34(24-28)27-31/h3-4,7-8,11-12,15,19,23,29-32,35H,1-2,5-6,9-10,13-14,16-18,20-22,24-27H2/b4-3-,11-7+,12-8+,19-15-/t29-,30-,31-,32-/m1/s1. The minimum absolute atomic E-state index is 0.382. The van der Waals surface area contributed by atoms with Gasteiger partial charge in [0.15, 0.2) is 0 Å². The van der Waals surface area contributed by atoms with Crippen molar-refractivity contribution in [1.82, 2.24) is 9.80 Å². The van der Waals surface area contributed by atoms with Crippen molar-refractivity contribution < 1.29 is 5.11 Å². The van der Waals surface area contributed by atoms with E-state index >= 15 is 0 Å². The largest absolute Gasteiger partial charge is 0.388 e. The average Bonchev–Trinajstić information content (AvgIpc) is 2.85. The summed E-state index contributed by atoms with van der Waals surface area (Å²) in [5.41, 5.74) is 1.63. The minimum atomic E-state index is -0.382. The molecule has 0 aromatic heterocycles. The molecule has 5 rings (SSSR count). The number of aliphatic hydroxyl groups is 1. The Morgan fingerprint density at radius 1 is 0.686 bits per heavy atom. The maximum absolute atomic E-state index is 10.8. The van der Waals surface area contributed by atoms with Crippen LogP contribution in [0.25, 0.3) is 0 Å². The van der Waals surface area contributed by atoms with Gasteiger partial charge in [0, 0.05) is 32.7 Å². The van der Waals surface area contributed by atoms with Gasteiger partial charge >= 0.3 is 0 Å². The van der Waals surface area contributed by atoms with Crippen molar-refractivity contribution in [2.24, 2.45) is 17.8 Å². The molecule has 3 nitrogen and oxygen atoms in total. The highest BCUT2D eigenvalue weighted by Gasteiger charge is 2.36. The summed E-state index contributed by atoms with van der Waals surface area (Å²) in [4.78, 5) is 5.32. The highest BCUT2D eigenvalue weighted by atomic mass is 16.3. The van der Waals surface area contributed by atoms with Crippen molar-refractivity contribution in [3.8, 4) is 0 Å². The second-order valence-electron chi connectivity index (χ2n) is 11.5. The van der Waals surface area contributed by atoms with Crippen LogP contribution in [-0.2, 0) is 0 Å². The molecular formula is C32H50N2O. The quantitative estimate of drug-likeness (QED) is 0.393. The molecule has 1 fully saturated rings. The fraction of sp³-hybridized carbons (Fsp3) is 0.688. The van der Waals surface area contributed by atoms with Crippen molar-refractivity contribution >= 4 is 0 Å². The number of aliphatic hydroxyl groups excluding tert-OH is 1. The zero-order valence-electron chi connectivity index (χ0n) is 22.1. The maximum Gasteiger partial charge on any atom is 0.0851 e. The summed E-state index contributed by atoms with van der Waals surface area (Å²) in [7, 11) is 0. The van der Waals surface area contributed by atoms with Crippen molar-refractivity contribution in [2.75, 3.05) is 39.3 Å². The van der Waals surface area contributed by atoms with Crippen molar-refractivity contribution in [2.45, 2.75) is 83.2 Å². The van der Waals surface area contributed by atoms with Crippen LogP contribution in [0.1, 0.15) is 77.0 Å². The number of nitrogens with zero attached hydrogens (tertiary/aromatic N) is 2. The first-order valence-electron chi connectivity index (χ1n) is 14.8. The van der Waals surface area contributed by atoms with Crippen LogP contribution in [0.5, 0.6) is 0 Å². The van der Waals surface area contributed by atoms with Gasteiger partial charge in [-0.15, -0.1) is 0 Å².